The van der Waals surface area contributed by atoms with Gasteiger partial charge in [0.1, 0.15) is 0 Å². The van der Waals surface area contributed by atoms with Gasteiger partial charge in [-0.25, -0.2) is 0 Å². The minimum absolute atomic E-state index is 0.0881. The lowest BCUT2D eigenvalue weighted by Crippen LogP contribution is -2.24. The predicted octanol–water partition coefficient (Wildman–Crippen LogP) is 3.43. The number of carbonyl (C=O) groups excluding carboxylic acids is 1. The minimum atomic E-state index is -0.0881. The Labute approximate surface area is 135 Å². The molecule has 2 aromatic rings. The monoisotopic (exact) mass is 319 g/mol. The van der Waals surface area contributed by atoms with Crippen LogP contribution in [0.3, 0.4) is 0 Å². The number of nitrogens with one attached hydrogen (secondary N) is 1. The summed E-state index contributed by atoms with van der Waals surface area (Å²) in [6, 6.07) is 14.8. The van der Waals surface area contributed by atoms with E-state index >= 15 is 0 Å². The van der Waals surface area contributed by atoms with Crippen molar-refractivity contribution < 1.29 is 14.3 Å². The van der Waals surface area contributed by atoms with Crippen LogP contribution in [0.15, 0.2) is 48.5 Å². The van der Waals surface area contributed by atoms with E-state index in [2.05, 4.69) is 5.32 Å². The average molecular weight is 320 g/mol. The van der Waals surface area contributed by atoms with E-state index in [4.69, 9.17) is 21.1 Å². The number of hydrogen-bond acceptors (Lipinski definition) is 3. The Hall–Kier alpha value is -2.20. The lowest BCUT2D eigenvalue weighted by molar-refractivity contribution is -0.121. The molecule has 4 nitrogen and oxygen atoms in total. The Morgan fingerprint density at radius 1 is 1.09 bits per heavy atom. The zero-order valence-corrected chi connectivity index (χ0v) is 13.1. The molecule has 0 aromatic heterocycles. The fourth-order valence-electron chi connectivity index (χ4n) is 1.92. The molecule has 22 heavy (non-hydrogen) atoms. The topological polar surface area (TPSA) is 47.6 Å². The average Bonchev–Trinajstić information content (AvgIpc) is 2.54. The van der Waals surface area contributed by atoms with Gasteiger partial charge >= 0.3 is 0 Å². The van der Waals surface area contributed by atoms with Crippen molar-refractivity contribution >= 4 is 17.5 Å². The Bertz CT molecular complexity index is 631. The lowest BCUT2D eigenvalue weighted by atomic mass is 10.2. The highest BCUT2D eigenvalue weighted by atomic mass is 35.5. The quantitative estimate of drug-likeness (QED) is 0.850. The summed E-state index contributed by atoms with van der Waals surface area (Å²) in [7, 11) is 1.58. The maximum atomic E-state index is 11.8. The molecule has 0 bridgehead atoms. The molecule has 0 aliphatic heterocycles. The second-order valence-corrected chi connectivity index (χ2v) is 5.02. The molecule has 0 aliphatic rings. The number of halogens is 1. The van der Waals surface area contributed by atoms with Gasteiger partial charge in [0, 0.05) is 11.6 Å². The Balaban J connectivity index is 1.75. The molecule has 2 rings (SSSR count). The van der Waals surface area contributed by atoms with Crippen LogP contribution in [-0.2, 0) is 11.3 Å². The first kappa shape index (κ1) is 16.2. The van der Waals surface area contributed by atoms with Crippen LogP contribution in [0, 0.1) is 0 Å². The third-order valence-corrected chi connectivity index (χ3v) is 3.46. The molecule has 0 fully saturated rings. The summed E-state index contributed by atoms with van der Waals surface area (Å²) in [5.74, 6) is 1.19. The van der Waals surface area contributed by atoms with E-state index < -0.39 is 0 Å². The van der Waals surface area contributed by atoms with Crippen LogP contribution in [-0.4, -0.2) is 19.6 Å². The number of rotatable bonds is 7. The number of amides is 1. The van der Waals surface area contributed by atoms with Crippen LogP contribution in [0.25, 0.3) is 0 Å². The molecule has 0 radical (unpaired) electrons. The van der Waals surface area contributed by atoms with Gasteiger partial charge in [0.05, 0.1) is 20.1 Å². The number of benzene rings is 2. The zero-order valence-electron chi connectivity index (χ0n) is 12.3. The molecule has 0 atom stereocenters. The second kappa shape index (κ2) is 8.29. The lowest BCUT2D eigenvalue weighted by Gasteiger charge is -2.10. The summed E-state index contributed by atoms with van der Waals surface area (Å²) in [4.78, 5) is 11.8. The predicted molar refractivity (Wildman–Crippen MR) is 86.4 cm³/mol. The summed E-state index contributed by atoms with van der Waals surface area (Å²) in [5, 5.41) is 3.47. The van der Waals surface area contributed by atoms with Crippen molar-refractivity contribution in [3.63, 3.8) is 0 Å². The maximum absolute atomic E-state index is 11.8. The third kappa shape index (κ3) is 4.67. The van der Waals surface area contributed by atoms with Crippen LogP contribution in [0.4, 0.5) is 0 Å². The fraction of sp³-hybridized carbons (Fsp3) is 0.235. The van der Waals surface area contributed by atoms with Gasteiger partial charge in [0.2, 0.25) is 5.91 Å². The van der Waals surface area contributed by atoms with Crippen molar-refractivity contribution in [2.75, 3.05) is 13.7 Å². The van der Waals surface area contributed by atoms with Gasteiger partial charge in [0.15, 0.2) is 11.5 Å². The first-order valence-electron chi connectivity index (χ1n) is 6.96. The van der Waals surface area contributed by atoms with Crippen LogP contribution in [0.1, 0.15) is 12.0 Å². The molecule has 2 aromatic carbocycles. The highest BCUT2D eigenvalue weighted by molar-refractivity contribution is 6.31. The smallest absolute Gasteiger partial charge is 0.223 e. The van der Waals surface area contributed by atoms with Gasteiger partial charge in [0.25, 0.3) is 0 Å². The summed E-state index contributed by atoms with van der Waals surface area (Å²) in [6.07, 6.45) is 0.266. The summed E-state index contributed by atoms with van der Waals surface area (Å²) < 4.78 is 10.7. The maximum Gasteiger partial charge on any atom is 0.223 e. The Morgan fingerprint density at radius 3 is 2.50 bits per heavy atom. The van der Waals surface area contributed by atoms with Crippen LogP contribution < -0.4 is 14.8 Å². The molecular formula is C17H18ClNO3. The van der Waals surface area contributed by atoms with E-state index in [1.807, 2.05) is 36.4 Å². The van der Waals surface area contributed by atoms with Crippen molar-refractivity contribution in [1.29, 1.82) is 0 Å². The molecule has 0 aliphatic carbocycles. The SMILES string of the molecule is COc1ccccc1OCCC(=O)NCc1ccccc1Cl. The van der Waals surface area contributed by atoms with Gasteiger partial charge in [-0.1, -0.05) is 41.9 Å². The van der Waals surface area contributed by atoms with E-state index in [0.717, 1.165) is 5.56 Å². The molecule has 116 valence electrons. The van der Waals surface area contributed by atoms with Crippen molar-refractivity contribution in [3.05, 3.63) is 59.1 Å². The first-order valence-corrected chi connectivity index (χ1v) is 7.34. The van der Waals surface area contributed by atoms with E-state index in [1.54, 1.807) is 19.2 Å². The molecule has 1 amide bonds. The number of carbonyl (C=O) groups is 1. The van der Waals surface area contributed by atoms with Crippen molar-refractivity contribution in [2.24, 2.45) is 0 Å². The van der Waals surface area contributed by atoms with E-state index in [0.29, 0.717) is 23.1 Å². The minimum Gasteiger partial charge on any atom is -0.493 e. The normalized spacial score (nSPS) is 10.1. The standard InChI is InChI=1S/C17H18ClNO3/c1-21-15-8-4-5-9-16(15)22-11-10-17(20)19-12-13-6-2-3-7-14(13)18/h2-9H,10-12H2,1H3,(H,19,20). The van der Waals surface area contributed by atoms with E-state index in [-0.39, 0.29) is 18.9 Å². The first-order chi connectivity index (χ1) is 10.7. The molecule has 5 heteroatoms. The highest BCUT2D eigenvalue weighted by Gasteiger charge is 2.06. The van der Waals surface area contributed by atoms with Crippen LogP contribution in [0.5, 0.6) is 11.5 Å². The van der Waals surface area contributed by atoms with Gasteiger partial charge in [-0.05, 0) is 23.8 Å². The van der Waals surface area contributed by atoms with Gasteiger partial charge in [-0.15, -0.1) is 0 Å². The highest BCUT2D eigenvalue weighted by Crippen LogP contribution is 2.25. The van der Waals surface area contributed by atoms with Crippen LogP contribution >= 0.6 is 11.6 Å². The van der Waals surface area contributed by atoms with Crippen molar-refractivity contribution in [2.45, 2.75) is 13.0 Å². The molecular weight excluding hydrogens is 302 g/mol. The van der Waals surface area contributed by atoms with Gasteiger partial charge < -0.3 is 14.8 Å². The fourth-order valence-corrected chi connectivity index (χ4v) is 2.12. The zero-order chi connectivity index (χ0) is 15.8. The summed E-state index contributed by atoms with van der Waals surface area (Å²) >= 11 is 6.04. The molecule has 1 N–H and O–H groups in total. The van der Waals surface area contributed by atoms with E-state index in [9.17, 15) is 4.79 Å². The largest absolute Gasteiger partial charge is 0.493 e. The number of hydrogen-bond donors (Lipinski definition) is 1. The molecule has 0 saturated heterocycles. The molecule has 0 saturated carbocycles. The van der Waals surface area contributed by atoms with Crippen molar-refractivity contribution in [1.82, 2.24) is 5.32 Å². The molecule has 0 unspecified atom stereocenters. The second-order valence-electron chi connectivity index (χ2n) is 4.62. The van der Waals surface area contributed by atoms with E-state index in [1.165, 1.54) is 0 Å². The number of methoxy groups -OCH3 is 1. The summed E-state index contributed by atoms with van der Waals surface area (Å²) in [6.45, 7) is 0.696. The summed E-state index contributed by atoms with van der Waals surface area (Å²) in [5.41, 5.74) is 0.892. The number of para-hydroxylation sites is 2. The van der Waals surface area contributed by atoms with Gasteiger partial charge in [-0.3, -0.25) is 4.79 Å². The molecule has 0 heterocycles. The van der Waals surface area contributed by atoms with Crippen LogP contribution in [0.2, 0.25) is 5.02 Å². The third-order valence-electron chi connectivity index (χ3n) is 3.09. The van der Waals surface area contributed by atoms with Gasteiger partial charge in [-0.2, -0.15) is 0 Å². The number of ether oxygens (including phenoxy) is 2. The Morgan fingerprint density at radius 2 is 1.77 bits per heavy atom. The van der Waals surface area contributed by atoms with Crippen molar-refractivity contribution in [3.8, 4) is 11.5 Å². The Kier molecular flexibility index (Phi) is 6.10. The molecule has 0 spiro atoms.